The Balaban J connectivity index is 2.25. The molecular weight excluding hydrogens is 180 g/mol. The van der Waals surface area contributed by atoms with E-state index in [9.17, 15) is 4.79 Å². The van der Waals surface area contributed by atoms with Gasteiger partial charge in [-0.05, 0) is 12.3 Å². The highest BCUT2D eigenvalue weighted by atomic mass is 16.5. The number of carbonyl (C=O) groups is 1. The summed E-state index contributed by atoms with van der Waals surface area (Å²) in [5, 5.41) is 0. The fraction of sp³-hybridized carbons (Fsp3) is 0.900. The molecule has 1 fully saturated rings. The van der Waals surface area contributed by atoms with Gasteiger partial charge in [0.15, 0.2) is 0 Å². The quantitative estimate of drug-likeness (QED) is 0.660. The second-order valence-corrected chi connectivity index (χ2v) is 3.99. The van der Waals surface area contributed by atoms with Crippen LogP contribution >= 0.6 is 0 Å². The summed E-state index contributed by atoms with van der Waals surface area (Å²) in [5.74, 6) is 0.475. The molecule has 14 heavy (non-hydrogen) atoms. The van der Waals surface area contributed by atoms with E-state index in [1.54, 1.807) is 4.90 Å². The molecule has 1 saturated heterocycles. The number of likely N-dealkylation sites (tertiary alicyclic amines) is 1. The molecule has 0 aromatic carbocycles. The maximum atomic E-state index is 11.6. The third-order valence-corrected chi connectivity index (χ3v) is 2.60. The highest BCUT2D eigenvalue weighted by molar-refractivity contribution is 5.77. The van der Waals surface area contributed by atoms with E-state index in [1.807, 2.05) is 6.92 Å². The van der Waals surface area contributed by atoms with Gasteiger partial charge in [0.05, 0.1) is 0 Å². The van der Waals surface area contributed by atoms with Crippen molar-refractivity contribution in [1.29, 1.82) is 0 Å². The molecule has 0 radical (unpaired) electrons. The normalized spacial score (nSPS) is 26.9. The predicted molar refractivity (Wildman–Crippen MR) is 54.8 cm³/mol. The van der Waals surface area contributed by atoms with Gasteiger partial charge in [-0.2, -0.15) is 0 Å². The van der Waals surface area contributed by atoms with Gasteiger partial charge in [0.2, 0.25) is 5.91 Å². The Morgan fingerprint density at radius 3 is 2.79 bits per heavy atom. The average molecular weight is 200 g/mol. The Labute approximate surface area is 85.4 Å². The van der Waals surface area contributed by atoms with E-state index in [0.29, 0.717) is 19.1 Å². The first kappa shape index (κ1) is 11.5. The van der Waals surface area contributed by atoms with E-state index in [-0.39, 0.29) is 18.6 Å². The fourth-order valence-electron chi connectivity index (χ4n) is 1.59. The van der Waals surface area contributed by atoms with Crippen LogP contribution in [0.1, 0.15) is 20.3 Å². The van der Waals surface area contributed by atoms with Crippen LogP contribution in [0.15, 0.2) is 0 Å². The molecular formula is C10H20N2O2. The summed E-state index contributed by atoms with van der Waals surface area (Å²) in [6.45, 7) is 6.41. The number of rotatable bonds is 4. The van der Waals surface area contributed by atoms with Crippen LogP contribution in [0.5, 0.6) is 0 Å². The summed E-state index contributed by atoms with van der Waals surface area (Å²) in [5.41, 5.74) is 5.83. The third-order valence-electron chi connectivity index (χ3n) is 2.60. The standard InChI is InChI=1S/C10H20N2O2/c1-3-4-14-7-10(13)12-5-8(2)9(11)6-12/h8-9H,3-7,11H2,1-2H3. The van der Waals surface area contributed by atoms with Gasteiger partial charge < -0.3 is 15.4 Å². The van der Waals surface area contributed by atoms with Gasteiger partial charge in [-0.15, -0.1) is 0 Å². The Kier molecular flexibility index (Phi) is 4.35. The largest absolute Gasteiger partial charge is 0.372 e. The Morgan fingerprint density at radius 1 is 1.57 bits per heavy atom. The van der Waals surface area contributed by atoms with Gasteiger partial charge in [0.1, 0.15) is 6.61 Å². The van der Waals surface area contributed by atoms with Gasteiger partial charge in [-0.25, -0.2) is 0 Å². The maximum absolute atomic E-state index is 11.6. The van der Waals surface area contributed by atoms with Crippen molar-refractivity contribution in [3.63, 3.8) is 0 Å². The molecule has 2 atom stereocenters. The van der Waals surface area contributed by atoms with Crippen molar-refractivity contribution in [3.8, 4) is 0 Å². The fourth-order valence-corrected chi connectivity index (χ4v) is 1.59. The topological polar surface area (TPSA) is 55.6 Å². The number of ether oxygens (including phenoxy) is 1. The summed E-state index contributed by atoms with van der Waals surface area (Å²) in [6.07, 6.45) is 0.948. The molecule has 82 valence electrons. The summed E-state index contributed by atoms with van der Waals surface area (Å²) < 4.78 is 5.20. The molecule has 0 saturated carbocycles. The molecule has 2 unspecified atom stereocenters. The summed E-state index contributed by atoms with van der Waals surface area (Å²) in [7, 11) is 0. The predicted octanol–water partition coefficient (Wildman–Crippen LogP) is 0.219. The van der Waals surface area contributed by atoms with Crippen LogP contribution < -0.4 is 5.73 Å². The minimum Gasteiger partial charge on any atom is -0.372 e. The number of hydrogen-bond donors (Lipinski definition) is 1. The van der Waals surface area contributed by atoms with Crippen molar-refractivity contribution in [1.82, 2.24) is 4.90 Å². The van der Waals surface area contributed by atoms with Crippen LogP contribution in [0.2, 0.25) is 0 Å². The van der Waals surface area contributed by atoms with Gasteiger partial charge in [-0.1, -0.05) is 13.8 Å². The molecule has 2 N–H and O–H groups in total. The zero-order valence-electron chi connectivity index (χ0n) is 9.03. The number of nitrogens with zero attached hydrogens (tertiary/aromatic N) is 1. The van der Waals surface area contributed by atoms with Crippen molar-refractivity contribution in [2.45, 2.75) is 26.3 Å². The Bertz CT molecular complexity index is 187. The van der Waals surface area contributed by atoms with Crippen molar-refractivity contribution >= 4 is 5.91 Å². The number of amides is 1. The van der Waals surface area contributed by atoms with Gasteiger partial charge in [0.25, 0.3) is 0 Å². The molecule has 0 aromatic heterocycles. The molecule has 1 amide bonds. The zero-order chi connectivity index (χ0) is 10.6. The summed E-state index contributed by atoms with van der Waals surface area (Å²) in [4.78, 5) is 13.4. The first-order valence-corrected chi connectivity index (χ1v) is 5.26. The molecule has 4 heteroatoms. The number of nitrogens with two attached hydrogens (primary N) is 1. The third kappa shape index (κ3) is 2.96. The van der Waals surface area contributed by atoms with Crippen LogP contribution in [0.25, 0.3) is 0 Å². The molecule has 1 aliphatic heterocycles. The molecule has 0 aromatic rings. The highest BCUT2D eigenvalue weighted by Gasteiger charge is 2.29. The molecule has 4 nitrogen and oxygen atoms in total. The SMILES string of the molecule is CCCOCC(=O)N1CC(C)C(N)C1. The van der Waals surface area contributed by atoms with Crippen LogP contribution in [0, 0.1) is 5.92 Å². The van der Waals surface area contributed by atoms with Crippen molar-refractivity contribution in [2.75, 3.05) is 26.3 Å². The van der Waals surface area contributed by atoms with E-state index >= 15 is 0 Å². The molecule has 1 heterocycles. The van der Waals surface area contributed by atoms with E-state index in [2.05, 4.69) is 6.92 Å². The van der Waals surface area contributed by atoms with Crippen LogP contribution in [-0.2, 0) is 9.53 Å². The second kappa shape index (κ2) is 5.32. The van der Waals surface area contributed by atoms with Crippen molar-refractivity contribution < 1.29 is 9.53 Å². The van der Waals surface area contributed by atoms with E-state index < -0.39 is 0 Å². The lowest BCUT2D eigenvalue weighted by Gasteiger charge is -2.15. The van der Waals surface area contributed by atoms with Crippen molar-refractivity contribution in [3.05, 3.63) is 0 Å². The highest BCUT2D eigenvalue weighted by Crippen LogP contribution is 2.14. The van der Waals surface area contributed by atoms with E-state index in [1.165, 1.54) is 0 Å². The van der Waals surface area contributed by atoms with Crippen molar-refractivity contribution in [2.24, 2.45) is 11.7 Å². The van der Waals surface area contributed by atoms with Gasteiger partial charge in [0, 0.05) is 25.7 Å². The minimum atomic E-state index is 0.0678. The van der Waals surface area contributed by atoms with E-state index in [0.717, 1.165) is 13.0 Å². The lowest BCUT2D eigenvalue weighted by molar-refractivity contribution is -0.135. The van der Waals surface area contributed by atoms with E-state index in [4.69, 9.17) is 10.5 Å². The lowest BCUT2D eigenvalue weighted by atomic mass is 10.1. The van der Waals surface area contributed by atoms with Crippen LogP contribution in [-0.4, -0.2) is 43.2 Å². The van der Waals surface area contributed by atoms with Gasteiger partial charge >= 0.3 is 0 Å². The second-order valence-electron chi connectivity index (χ2n) is 3.99. The number of hydrogen-bond acceptors (Lipinski definition) is 3. The van der Waals surface area contributed by atoms with Gasteiger partial charge in [-0.3, -0.25) is 4.79 Å². The van der Waals surface area contributed by atoms with Crippen LogP contribution in [0.4, 0.5) is 0 Å². The first-order chi connectivity index (χ1) is 6.65. The molecule has 1 aliphatic rings. The smallest absolute Gasteiger partial charge is 0.248 e. The summed E-state index contributed by atoms with van der Waals surface area (Å²) >= 11 is 0. The Morgan fingerprint density at radius 2 is 2.29 bits per heavy atom. The minimum absolute atomic E-state index is 0.0678. The molecule has 0 bridgehead atoms. The molecule has 0 aliphatic carbocycles. The molecule has 0 spiro atoms. The first-order valence-electron chi connectivity index (χ1n) is 5.26. The monoisotopic (exact) mass is 200 g/mol. The number of carbonyl (C=O) groups excluding carboxylic acids is 1. The zero-order valence-corrected chi connectivity index (χ0v) is 9.03. The molecule has 1 rings (SSSR count). The average Bonchev–Trinajstić information content (AvgIpc) is 2.47. The Hall–Kier alpha value is -0.610. The summed E-state index contributed by atoms with van der Waals surface area (Å²) in [6, 6.07) is 0.130. The lowest BCUT2D eigenvalue weighted by Crippen LogP contribution is -2.34. The van der Waals surface area contributed by atoms with Crippen LogP contribution in [0.3, 0.4) is 0 Å². The maximum Gasteiger partial charge on any atom is 0.248 e.